The molecule has 1 atom stereocenters. The second-order valence-electron chi connectivity index (χ2n) is 7.82. The molecule has 1 unspecified atom stereocenters. The largest absolute Gasteiger partial charge is 0.495 e. The predicted molar refractivity (Wildman–Crippen MR) is 115 cm³/mol. The summed E-state index contributed by atoms with van der Waals surface area (Å²) in [5.41, 5.74) is 2.55. The maximum atomic E-state index is 13.3. The molecule has 7 nitrogen and oxygen atoms in total. The third kappa shape index (κ3) is 4.62. The predicted octanol–water partition coefficient (Wildman–Crippen LogP) is 3.66. The number of nitrogens with zero attached hydrogens (tertiary/aromatic N) is 1. The molecule has 0 aromatic heterocycles. The first-order chi connectivity index (χ1) is 14.3. The molecule has 0 aliphatic carbocycles. The second kappa shape index (κ2) is 8.98. The van der Waals surface area contributed by atoms with Crippen LogP contribution in [0.5, 0.6) is 5.75 Å². The Morgan fingerprint density at radius 2 is 1.87 bits per heavy atom. The molecule has 7 heteroatoms. The molecule has 0 spiro atoms. The van der Waals surface area contributed by atoms with Crippen LogP contribution in [0.3, 0.4) is 0 Å². The maximum Gasteiger partial charge on any atom is 0.255 e. The molecule has 0 radical (unpaired) electrons. The van der Waals surface area contributed by atoms with E-state index in [2.05, 4.69) is 10.6 Å². The minimum absolute atomic E-state index is 0.134. The first-order valence-electron chi connectivity index (χ1n) is 9.95. The highest BCUT2D eigenvalue weighted by Crippen LogP contribution is 2.31. The van der Waals surface area contributed by atoms with Crippen LogP contribution in [0.1, 0.15) is 43.1 Å². The van der Waals surface area contributed by atoms with E-state index in [0.717, 1.165) is 5.56 Å². The van der Waals surface area contributed by atoms with Crippen LogP contribution in [-0.4, -0.2) is 35.8 Å². The molecule has 158 valence electrons. The highest BCUT2D eigenvalue weighted by molar-refractivity contribution is 6.04. The van der Waals surface area contributed by atoms with E-state index in [9.17, 15) is 14.4 Å². The molecule has 0 saturated heterocycles. The average molecular weight is 409 g/mol. The molecule has 0 bridgehead atoms. The summed E-state index contributed by atoms with van der Waals surface area (Å²) >= 11 is 0. The lowest BCUT2D eigenvalue weighted by Gasteiger charge is -2.28. The van der Waals surface area contributed by atoms with Gasteiger partial charge in [0.05, 0.1) is 12.8 Å². The fourth-order valence-electron chi connectivity index (χ4n) is 3.65. The topological polar surface area (TPSA) is 87.7 Å². The Hall–Kier alpha value is -3.35. The van der Waals surface area contributed by atoms with Gasteiger partial charge < -0.3 is 20.3 Å². The van der Waals surface area contributed by atoms with Crippen LogP contribution < -0.4 is 15.4 Å². The minimum atomic E-state index is -0.626. The molecule has 1 heterocycles. The Labute approximate surface area is 176 Å². The fraction of sp³-hybridized carbons (Fsp3) is 0.348. The van der Waals surface area contributed by atoms with Crippen molar-refractivity contribution < 1.29 is 19.1 Å². The molecule has 1 aliphatic heterocycles. The molecule has 1 aliphatic rings. The van der Waals surface area contributed by atoms with Crippen molar-refractivity contribution in [2.45, 2.75) is 39.8 Å². The van der Waals surface area contributed by atoms with Crippen molar-refractivity contribution in [1.82, 2.24) is 4.90 Å². The van der Waals surface area contributed by atoms with Gasteiger partial charge in [-0.2, -0.15) is 0 Å². The number of ether oxygens (including phenoxy) is 1. The number of carbonyl (C=O) groups is 3. The summed E-state index contributed by atoms with van der Waals surface area (Å²) in [6.07, 6.45) is 0.527. The molecular weight excluding hydrogens is 382 g/mol. The summed E-state index contributed by atoms with van der Waals surface area (Å²) in [5, 5.41) is 5.59. The smallest absolute Gasteiger partial charge is 0.255 e. The van der Waals surface area contributed by atoms with Gasteiger partial charge in [0.15, 0.2) is 0 Å². The van der Waals surface area contributed by atoms with Gasteiger partial charge in [0.25, 0.3) is 5.91 Å². The number of hydrogen-bond acceptors (Lipinski definition) is 4. The highest BCUT2D eigenvalue weighted by atomic mass is 16.5. The monoisotopic (exact) mass is 409 g/mol. The summed E-state index contributed by atoms with van der Waals surface area (Å²) in [6.45, 7) is 5.86. The van der Waals surface area contributed by atoms with Gasteiger partial charge in [0.1, 0.15) is 11.8 Å². The summed E-state index contributed by atoms with van der Waals surface area (Å²) < 4.78 is 5.36. The van der Waals surface area contributed by atoms with Gasteiger partial charge in [-0.15, -0.1) is 0 Å². The molecule has 0 fully saturated rings. The normalized spacial score (nSPS) is 13.8. The van der Waals surface area contributed by atoms with Crippen molar-refractivity contribution in [3.63, 3.8) is 0 Å². The van der Waals surface area contributed by atoms with Crippen molar-refractivity contribution in [1.29, 1.82) is 0 Å². The Morgan fingerprint density at radius 3 is 2.50 bits per heavy atom. The lowest BCUT2D eigenvalue weighted by molar-refractivity contribution is -0.121. The van der Waals surface area contributed by atoms with Crippen LogP contribution in [0.4, 0.5) is 11.4 Å². The third-order valence-corrected chi connectivity index (χ3v) is 5.00. The highest BCUT2D eigenvalue weighted by Gasteiger charge is 2.36. The number of methoxy groups -OCH3 is 1. The summed E-state index contributed by atoms with van der Waals surface area (Å²) in [4.78, 5) is 39.2. The Kier molecular flexibility index (Phi) is 6.40. The zero-order valence-corrected chi connectivity index (χ0v) is 17.7. The zero-order valence-electron chi connectivity index (χ0n) is 17.7. The van der Waals surface area contributed by atoms with E-state index in [1.165, 1.54) is 14.0 Å². The van der Waals surface area contributed by atoms with Crippen LogP contribution >= 0.6 is 0 Å². The Balaban J connectivity index is 1.87. The molecule has 30 heavy (non-hydrogen) atoms. The summed E-state index contributed by atoms with van der Waals surface area (Å²) in [6, 6.07) is 11.8. The minimum Gasteiger partial charge on any atom is -0.495 e. The van der Waals surface area contributed by atoms with Gasteiger partial charge in [0, 0.05) is 24.7 Å². The van der Waals surface area contributed by atoms with Gasteiger partial charge in [-0.3, -0.25) is 14.4 Å². The standard InChI is InChI=1S/C23H27N3O4/c1-14(2)11-20(26-13-16-7-5-6-8-18(16)23(26)29)22(28)25-19-12-17(24-15(3)27)9-10-21(19)30-4/h5-10,12,14,20H,11,13H2,1-4H3,(H,24,27)(H,25,28). The first-order valence-corrected chi connectivity index (χ1v) is 9.95. The number of rotatable bonds is 7. The van der Waals surface area contributed by atoms with E-state index in [1.807, 2.05) is 32.0 Å². The number of anilines is 2. The molecule has 0 saturated carbocycles. The molecular formula is C23H27N3O4. The maximum absolute atomic E-state index is 13.3. The van der Waals surface area contributed by atoms with Gasteiger partial charge >= 0.3 is 0 Å². The number of nitrogens with one attached hydrogen (secondary N) is 2. The quantitative estimate of drug-likeness (QED) is 0.731. The molecule has 2 aromatic carbocycles. The van der Waals surface area contributed by atoms with E-state index in [-0.39, 0.29) is 23.6 Å². The lowest BCUT2D eigenvalue weighted by atomic mass is 10.0. The van der Waals surface area contributed by atoms with E-state index < -0.39 is 6.04 Å². The lowest BCUT2D eigenvalue weighted by Crippen LogP contribution is -2.45. The van der Waals surface area contributed by atoms with Gasteiger partial charge in [0.2, 0.25) is 11.8 Å². The number of benzene rings is 2. The Morgan fingerprint density at radius 1 is 1.13 bits per heavy atom. The number of hydrogen-bond donors (Lipinski definition) is 2. The third-order valence-electron chi connectivity index (χ3n) is 5.00. The van der Waals surface area contributed by atoms with E-state index in [1.54, 1.807) is 29.2 Å². The summed E-state index contributed by atoms with van der Waals surface area (Å²) in [5.74, 6) is 0.0469. The number of carbonyl (C=O) groups excluding carboxylic acids is 3. The van der Waals surface area contributed by atoms with Crippen molar-refractivity contribution in [3.8, 4) is 5.75 Å². The molecule has 3 amide bonds. The molecule has 3 rings (SSSR count). The zero-order chi connectivity index (χ0) is 21.8. The van der Waals surface area contributed by atoms with Gasteiger partial charge in [-0.1, -0.05) is 32.0 Å². The van der Waals surface area contributed by atoms with Crippen LogP contribution in [0.15, 0.2) is 42.5 Å². The Bertz CT molecular complexity index is 971. The van der Waals surface area contributed by atoms with Crippen LogP contribution in [0, 0.1) is 5.92 Å². The van der Waals surface area contributed by atoms with E-state index in [4.69, 9.17) is 4.74 Å². The van der Waals surface area contributed by atoms with Crippen molar-refractivity contribution in [2.75, 3.05) is 17.7 Å². The van der Waals surface area contributed by atoms with Crippen molar-refractivity contribution in [3.05, 3.63) is 53.6 Å². The first kappa shape index (κ1) is 21.4. The van der Waals surface area contributed by atoms with Gasteiger partial charge in [-0.25, -0.2) is 0 Å². The van der Waals surface area contributed by atoms with E-state index in [0.29, 0.717) is 35.7 Å². The van der Waals surface area contributed by atoms with Crippen LogP contribution in [0.25, 0.3) is 0 Å². The van der Waals surface area contributed by atoms with E-state index >= 15 is 0 Å². The van der Waals surface area contributed by atoms with Crippen molar-refractivity contribution in [2.24, 2.45) is 5.92 Å². The van der Waals surface area contributed by atoms with Crippen molar-refractivity contribution >= 4 is 29.1 Å². The second-order valence-corrected chi connectivity index (χ2v) is 7.82. The summed E-state index contributed by atoms with van der Waals surface area (Å²) in [7, 11) is 1.51. The average Bonchev–Trinajstić information content (AvgIpc) is 3.02. The van der Waals surface area contributed by atoms with Crippen LogP contribution in [0.2, 0.25) is 0 Å². The SMILES string of the molecule is COc1ccc(NC(C)=O)cc1NC(=O)C(CC(C)C)N1Cc2ccccc2C1=O. The van der Waals surface area contributed by atoms with Gasteiger partial charge in [-0.05, 0) is 42.2 Å². The molecule has 2 N–H and O–H groups in total. The molecule has 2 aromatic rings. The van der Waals surface area contributed by atoms with Crippen LogP contribution in [-0.2, 0) is 16.1 Å². The number of amides is 3. The fourth-order valence-corrected chi connectivity index (χ4v) is 3.65. The number of fused-ring (bicyclic) bond motifs is 1.